The first-order valence-electron chi connectivity index (χ1n) is 15.1. The second kappa shape index (κ2) is 10.4. The summed E-state index contributed by atoms with van der Waals surface area (Å²) < 4.78 is 0. The fourth-order valence-corrected chi connectivity index (χ4v) is 10.6. The van der Waals surface area contributed by atoms with Crippen LogP contribution in [-0.2, 0) is 14.4 Å². The average Bonchev–Trinajstić information content (AvgIpc) is 3.48. The van der Waals surface area contributed by atoms with Gasteiger partial charge in [0, 0.05) is 50.6 Å². The molecule has 0 radical (unpaired) electrons. The molecule has 6 unspecified atom stereocenters. The minimum absolute atomic E-state index is 0.0617. The predicted molar refractivity (Wildman–Crippen MR) is 154 cm³/mol. The third kappa shape index (κ3) is 4.67. The summed E-state index contributed by atoms with van der Waals surface area (Å²) in [4.78, 5) is 42.4. The molecule has 4 aliphatic carbocycles. The first kappa shape index (κ1) is 27.9. The second-order valence-electron chi connectivity index (χ2n) is 13.9. The summed E-state index contributed by atoms with van der Waals surface area (Å²) in [5.41, 5.74) is 0.267. The standard InChI is InChI=1S/C32H48N2O3S/c1-7-25(27-10-11-29(38-27)34(5)6)33-28(37)16-19(2)22-8-9-23-30-24(13-15-32(22,23)4)31(3)14-12-21(35)17-20(31)18-26(30)36/h10-11,19-20,22-25,30H,7-9,12-18H2,1-6H3,(H,33,37)/t19-,20?,22?,23+,24+,25?,30?,31?,32?/m1/s1. The summed E-state index contributed by atoms with van der Waals surface area (Å²) in [6, 6.07) is 4.34. The molecule has 210 valence electrons. The Balaban J connectivity index is 1.26. The molecule has 0 saturated heterocycles. The van der Waals surface area contributed by atoms with E-state index in [1.165, 1.54) is 9.88 Å². The quantitative estimate of drug-likeness (QED) is 0.412. The molecule has 4 saturated carbocycles. The molecule has 1 amide bonds. The lowest BCUT2D eigenvalue weighted by atomic mass is 9.44. The first-order valence-corrected chi connectivity index (χ1v) is 15.9. The number of anilines is 1. The first-order chi connectivity index (χ1) is 18.0. The van der Waals surface area contributed by atoms with Gasteiger partial charge in [-0.2, -0.15) is 0 Å². The van der Waals surface area contributed by atoms with Gasteiger partial charge in [-0.25, -0.2) is 0 Å². The van der Waals surface area contributed by atoms with Crippen LogP contribution >= 0.6 is 11.3 Å². The second-order valence-corrected chi connectivity index (χ2v) is 15.0. The number of ketones is 2. The zero-order valence-electron chi connectivity index (χ0n) is 24.3. The molecule has 9 atom stereocenters. The van der Waals surface area contributed by atoms with Gasteiger partial charge in [-0.1, -0.05) is 27.7 Å². The van der Waals surface area contributed by atoms with Crippen molar-refractivity contribution < 1.29 is 14.4 Å². The van der Waals surface area contributed by atoms with E-state index in [-0.39, 0.29) is 34.6 Å². The minimum atomic E-state index is 0.0617. The minimum Gasteiger partial charge on any atom is -0.370 e. The summed E-state index contributed by atoms with van der Waals surface area (Å²) in [6.07, 6.45) is 8.81. The Morgan fingerprint density at radius 2 is 1.82 bits per heavy atom. The van der Waals surface area contributed by atoms with Crippen LogP contribution in [-0.4, -0.2) is 31.6 Å². The average molecular weight is 541 g/mol. The van der Waals surface area contributed by atoms with Crippen molar-refractivity contribution in [2.45, 2.75) is 97.9 Å². The monoisotopic (exact) mass is 540 g/mol. The van der Waals surface area contributed by atoms with Gasteiger partial charge in [0.15, 0.2) is 0 Å². The summed E-state index contributed by atoms with van der Waals surface area (Å²) in [5.74, 6) is 3.00. The molecule has 6 heteroatoms. The Bertz CT molecular complexity index is 1080. The number of nitrogens with one attached hydrogen (secondary N) is 1. The highest BCUT2D eigenvalue weighted by molar-refractivity contribution is 7.16. The number of hydrogen-bond acceptors (Lipinski definition) is 5. The van der Waals surface area contributed by atoms with E-state index < -0.39 is 0 Å². The normalized spacial score (nSPS) is 38.1. The van der Waals surface area contributed by atoms with E-state index in [0.717, 1.165) is 38.5 Å². The van der Waals surface area contributed by atoms with Crippen molar-refractivity contribution in [1.29, 1.82) is 0 Å². The van der Waals surface area contributed by atoms with Crippen LogP contribution in [0, 0.1) is 46.3 Å². The van der Waals surface area contributed by atoms with Crippen LogP contribution in [0.4, 0.5) is 5.00 Å². The van der Waals surface area contributed by atoms with Crippen LogP contribution in [0.1, 0.15) is 103 Å². The predicted octanol–water partition coefficient (Wildman–Crippen LogP) is 6.81. The van der Waals surface area contributed by atoms with E-state index in [1.807, 2.05) is 0 Å². The molecular weight excluding hydrogens is 492 g/mol. The van der Waals surface area contributed by atoms with Gasteiger partial charge in [0.1, 0.15) is 11.6 Å². The molecule has 0 aliphatic heterocycles. The molecule has 1 heterocycles. The number of nitrogens with zero attached hydrogens (tertiary/aromatic N) is 1. The number of hydrogen-bond donors (Lipinski definition) is 1. The molecular formula is C32H48N2O3S. The number of rotatable bonds is 7. The topological polar surface area (TPSA) is 66.5 Å². The van der Waals surface area contributed by atoms with Crippen LogP contribution < -0.4 is 10.2 Å². The molecule has 0 spiro atoms. The van der Waals surface area contributed by atoms with E-state index in [9.17, 15) is 14.4 Å². The molecule has 0 bridgehead atoms. The maximum absolute atomic E-state index is 13.6. The fourth-order valence-electron chi connectivity index (χ4n) is 9.53. The smallest absolute Gasteiger partial charge is 0.220 e. The van der Waals surface area contributed by atoms with Gasteiger partial charge in [0.25, 0.3) is 0 Å². The van der Waals surface area contributed by atoms with Gasteiger partial charge in [-0.3, -0.25) is 14.4 Å². The zero-order valence-corrected chi connectivity index (χ0v) is 25.2. The number of thiophene rings is 1. The lowest BCUT2D eigenvalue weighted by Gasteiger charge is -2.59. The Hall–Kier alpha value is -1.69. The Morgan fingerprint density at radius 3 is 2.50 bits per heavy atom. The lowest BCUT2D eigenvalue weighted by Crippen LogP contribution is -2.57. The molecule has 5 rings (SSSR count). The summed E-state index contributed by atoms with van der Waals surface area (Å²) in [7, 11) is 4.10. The van der Waals surface area contributed by atoms with Crippen molar-refractivity contribution in [3.05, 3.63) is 17.0 Å². The highest BCUT2D eigenvalue weighted by atomic mass is 32.1. The van der Waals surface area contributed by atoms with Crippen molar-refractivity contribution in [2.75, 3.05) is 19.0 Å². The van der Waals surface area contributed by atoms with Gasteiger partial charge < -0.3 is 10.2 Å². The van der Waals surface area contributed by atoms with Gasteiger partial charge in [0.2, 0.25) is 5.91 Å². The maximum atomic E-state index is 13.6. The third-order valence-electron chi connectivity index (χ3n) is 11.7. The van der Waals surface area contributed by atoms with Crippen LogP contribution in [0.25, 0.3) is 0 Å². The van der Waals surface area contributed by atoms with Crippen molar-refractivity contribution in [3.8, 4) is 0 Å². The Morgan fingerprint density at radius 1 is 1.08 bits per heavy atom. The van der Waals surface area contributed by atoms with Gasteiger partial charge in [-0.15, -0.1) is 11.3 Å². The van der Waals surface area contributed by atoms with Crippen molar-refractivity contribution >= 4 is 33.8 Å². The van der Waals surface area contributed by atoms with E-state index in [0.29, 0.717) is 60.9 Å². The summed E-state index contributed by atoms with van der Waals surface area (Å²) >= 11 is 1.75. The Kier molecular flexibility index (Phi) is 7.60. The van der Waals surface area contributed by atoms with Gasteiger partial charge in [-0.05, 0) is 91.1 Å². The lowest BCUT2D eigenvalue weighted by molar-refractivity contribution is -0.159. The molecule has 0 aromatic carbocycles. The van der Waals surface area contributed by atoms with Gasteiger partial charge in [0.05, 0.1) is 11.0 Å². The molecule has 4 fully saturated rings. The van der Waals surface area contributed by atoms with E-state index >= 15 is 0 Å². The maximum Gasteiger partial charge on any atom is 0.220 e. The van der Waals surface area contributed by atoms with Gasteiger partial charge >= 0.3 is 0 Å². The molecule has 1 aromatic rings. The van der Waals surface area contributed by atoms with Crippen LogP contribution in [0.5, 0.6) is 0 Å². The number of Topliss-reactive ketones (excluding diaryl/α,β-unsaturated/α-hetero) is 2. The van der Waals surface area contributed by atoms with Crippen LogP contribution in [0.15, 0.2) is 12.1 Å². The van der Waals surface area contributed by atoms with Crippen molar-refractivity contribution in [3.63, 3.8) is 0 Å². The zero-order chi connectivity index (χ0) is 27.4. The van der Waals surface area contributed by atoms with Crippen molar-refractivity contribution in [2.24, 2.45) is 46.3 Å². The number of carbonyl (C=O) groups excluding carboxylic acids is 3. The van der Waals surface area contributed by atoms with Crippen LogP contribution in [0.2, 0.25) is 0 Å². The molecule has 5 nitrogen and oxygen atoms in total. The fraction of sp³-hybridized carbons (Fsp3) is 0.781. The SMILES string of the molecule is CCC(NC(=O)C[C@@H](C)C1CC[C@H]2C3C(=O)CC4CC(=O)CCC4(C)[C@H]3CCC12C)c1ccc(N(C)C)s1. The van der Waals surface area contributed by atoms with E-state index in [4.69, 9.17) is 0 Å². The molecule has 1 aromatic heterocycles. The van der Waals surface area contributed by atoms with Crippen molar-refractivity contribution in [1.82, 2.24) is 5.32 Å². The Labute approximate surface area is 233 Å². The summed E-state index contributed by atoms with van der Waals surface area (Å²) in [6.45, 7) is 9.25. The summed E-state index contributed by atoms with van der Waals surface area (Å²) in [5, 5.41) is 4.54. The van der Waals surface area contributed by atoms with Crippen LogP contribution in [0.3, 0.4) is 0 Å². The highest BCUT2D eigenvalue weighted by Gasteiger charge is 2.63. The third-order valence-corrected chi connectivity index (χ3v) is 13.1. The van der Waals surface area contributed by atoms with E-state index in [2.05, 4.69) is 64.1 Å². The number of carbonyl (C=O) groups is 3. The largest absolute Gasteiger partial charge is 0.370 e. The molecule has 4 aliphatic rings. The highest BCUT2D eigenvalue weighted by Crippen LogP contribution is 2.67. The number of amides is 1. The number of fused-ring (bicyclic) bond motifs is 5. The van der Waals surface area contributed by atoms with E-state index in [1.54, 1.807) is 11.3 Å². The molecule has 38 heavy (non-hydrogen) atoms. The molecule has 1 N–H and O–H groups in total.